The first-order chi connectivity index (χ1) is 9.04. The molecule has 100 valence electrons. The third kappa shape index (κ3) is 2.66. The van der Waals surface area contributed by atoms with Crippen LogP contribution < -0.4 is 5.73 Å². The molecule has 0 saturated carbocycles. The normalized spacial score (nSPS) is 10.9. The summed E-state index contributed by atoms with van der Waals surface area (Å²) in [7, 11) is 0. The van der Waals surface area contributed by atoms with Gasteiger partial charge in [-0.15, -0.1) is 6.58 Å². The van der Waals surface area contributed by atoms with E-state index in [0.717, 1.165) is 17.1 Å². The summed E-state index contributed by atoms with van der Waals surface area (Å²) < 4.78 is 1.99. The van der Waals surface area contributed by atoms with E-state index >= 15 is 0 Å². The number of nitrogens with two attached hydrogens (primary N) is 1. The van der Waals surface area contributed by atoms with Crippen LogP contribution in [0.25, 0.3) is 11.3 Å². The Morgan fingerprint density at radius 1 is 1.47 bits per heavy atom. The topological polar surface area (TPSA) is 43.8 Å². The van der Waals surface area contributed by atoms with Crippen LogP contribution in [-0.4, -0.2) is 9.55 Å². The molecule has 0 atom stereocenters. The first-order valence-corrected chi connectivity index (χ1v) is 6.65. The lowest BCUT2D eigenvalue weighted by Gasteiger charge is -2.09. The van der Waals surface area contributed by atoms with Gasteiger partial charge in [-0.3, -0.25) is 0 Å². The molecule has 2 rings (SSSR count). The molecular formula is C15H18ClN3. The van der Waals surface area contributed by atoms with E-state index in [0.29, 0.717) is 23.3 Å². The Balaban J connectivity index is 2.58. The number of benzene rings is 1. The fourth-order valence-electron chi connectivity index (χ4n) is 2.09. The number of rotatable bonds is 4. The smallest absolute Gasteiger partial charge is 0.132 e. The van der Waals surface area contributed by atoms with Crippen molar-refractivity contribution in [3.8, 4) is 11.3 Å². The number of halogens is 1. The van der Waals surface area contributed by atoms with Crippen LogP contribution >= 0.6 is 11.6 Å². The molecule has 0 radical (unpaired) electrons. The Bertz CT molecular complexity index is 599. The monoisotopic (exact) mass is 275 g/mol. The lowest BCUT2D eigenvalue weighted by Crippen LogP contribution is -2.07. The average molecular weight is 276 g/mol. The Morgan fingerprint density at radius 3 is 2.79 bits per heavy atom. The van der Waals surface area contributed by atoms with Gasteiger partial charge in [0.25, 0.3) is 0 Å². The van der Waals surface area contributed by atoms with Crippen molar-refractivity contribution in [2.45, 2.75) is 26.3 Å². The minimum atomic E-state index is 0.301. The second-order valence-electron chi connectivity index (χ2n) is 4.77. The molecule has 2 N–H and O–H groups in total. The summed E-state index contributed by atoms with van der Waals surface area (Å²) in [6.07, 6.45) is 1.83. The highest BCUT2D eigenvalue weighted by molar-refractivity contribution is 6.30. The van der Waals surface area contributed by atoms with Crippen molar-refractivity contribution >= 4 is 17.4 Å². The van der Waals surface area contributed by atoms with Crippen molar-refractivity contribution in [2.24, 2.45) is 0 Å². The van der Waals surface area contributed by atoms with Crippen LogP contribution in [0.2, 0.25) is 5.02 Å². The van der Waals surface area contributed by atoms with Crippen LogP contribution in [0.15, 0.2) is 36.9 Å². The Labute approximate surface area is 118 Å². The molecule has 3 nitrogen and oxygen atoms in total. The Kier molecular flexibility index (Phi) is 3.96. The van der Waals surface area contributed by atoms with Gasteiger partial charge < -0.3 is 10.3 Å². The van der Waals surface area contributed by atoms with E-state index in [2.05, 4.69) is 25.4 Å². The molecule has 0 aliphatic carbocycles. The SMILES string of the molecule is C=CCn1c(C(C)C)nc(-c2cccc(Cl)c2)c1N. The number of anilines is 1. The Morgan fingerprint density at radius 2 is 2.21 bits per heavy atom. The maximum atomic E-state index is 6.22. The zero-order chi connectivity index (χ0) is 14.0. The van der Waals surface area contributed by atoms with Gasteiger partial charge in [0.1, 0.15) is 17.3 Å². The van der Waals surface area contributed by atoms with Gasteiger partial charge in [0.05, 0.1) is 0 Å². The van der Waals surface area contributed by atoms with Crippen molar-refractivity contribution in [3.05, 3.63) is 47.8 Å². The van der Waals surface area contributed by atoms with Gasteiger partial charge in [-0.2, -0.15) is 0 Å². The molecule has 1 aromatic carbocycles. The summed E-state index contributed by atoms with van der Waals surface area (Å²) in [5.41, 5.74) is 7.94. The highest BCUT2D eigenvalue weighted by atomic mass is 35.5. The third-order valence-electron chi connectivity index (χ3n) is 2.96. The van der Waals surface area contributed by atoms with Crippen molar-refractivity contribution in [3.63, 3.8) is 0 Å². The summed E-state index contributed by atoms with van der Waals surface area (Å²) in [6.45, 7) is 8.63. The summed E-state index contributed by atoms with van der Waals surface area (Å²) in [6, 6.07) is 7.58. The minimum absolute atomic E-state index is 0.301. The zero-order valence-corrected chi connectivity index (χ0v) is 12.0. The number of nitrogens with zero attached hydrogens (tertiary/aromatic N) is 2. The molecule has 1 heterocycles. The molecule has 2 aromatic rings. The van der Waals surface area contributed by atoms with E-state index in [9.17, 15) is 0 Å². The average Bonchev–Trinajstić information content (AvgIpc) is 2.68. The summed E-state index contributed by atoms with van der Waals surface area (Å²) in [5.74, 6) is 1.92. The molecule has 0 fully saturated rings. The molecule has 0 spiro atoms. The summed E-state index contributed by atoms with van der Waals surface area (Å²) in [5, 5.41) is 0.682. The molecule has 0 saturated heterocycles. The van der Waals surface area contributed by atoms with E-state index in [-0.39, 0.29) is 0 Å². The van der Waals surface area contributed by atoms with Crippen LogP contribution in [-0.2, 0) is 6.54 Å². The number of imidazole rings is 1. The van der Waals surface area contributed by atoms with Gasteiger partial charge >= 0.3 is 0 Å². The second-order valence-corrected chi connectivity index (χ2v) is 5.20. The predicted octanol–water partition coefficient (Wildman–Crippen LogP) is 4.10. The fraction of sp³-hybridized carbons (Fsp3) is 0.267. The van der Waals surface area contributed by atoms with Gasteiger partial charge in [-0.1, -0.05) is 43.7 Å². The molecule has 0 bridgehead atoms. The van der Waals surface area contributed by atoms with Gasteiger partial charge in [0.2, 0.25) is 0 Å². The lowest BCUT2D eigenvalue weighted by molar-refractivity contribution is 0.684. The van der Waals surface area contributed by atoms with Crippen LogP contribution in [0.5, 0.6) is 0 Å². The van der Waals surface area contributed by atoms with E-state index in [4.69, 9.17) is 17.3 Å². The van der Waals surface area contributed by atoms with Crippen molar-refractivity contribution < 1.29 is 0 Å². The van der Waals surface area contributed by atoms with Crippen molar-refractivity contribution in [2.75, 3.05) is 5.73 Å². The molecule has 4 heteroatoms. The standard InChI is InChI=1S/C15H18ClN3/c1-4-8-19-14(17)13(18-15(19)10(2)3)11-6-5-7-12(16)9-11/h4-7,9-10H,1,8,17H2,2-3H3. The first kappa shape index (κ1) is 13.7. The first-order valence-electron chi connectivity index (χ1n) is 6.27. The minimum Gasteiger partial charge on any atom is -0.383 e. The number of allylic oxidation sites excluding steroid dienone is 1. The van der Waals surface area contributed by atoms with E-state index in [1.165, 1.54) is 0 Å². The van der Waals surface area contributed by atoms with Gasteiger partial charge in [0.15, 0.2) is 0 Å². The number of aromatic nitrogens is 2. The van der Waals surface area contributed by atoms with Crippen LogP contribution in [0.4, 0.5) is 5.82 Å². The summed E-state index contributed by atoms with van der Waals surface area (Å²) >= 11 is 6.03. The van der Waals surface area contributed by atoms with Crippen molar-refractivity contribution in [1.82, 2.24) is 9.55 Å². The maximum Gasteiger partial charge on any atom is 0.132 e. The number of nitrogen functional groups attached to an aromatic ring is 1. The number of hydrogen-bond donors (Lipinski definition) is 1. The lowest BCUT2D eigenvalue weighted by atomic mass is 10.1. The van der Waals surface area contributed by atoms with E-state index in [1.54, 1.807) is 0 Å². The largest absolute Gasteiger partial charge is 0.383 e. The second kappa shape index (κ2) is 5.49. The number of hydrogen-bond acceptors (Lipinski definition) is 2. The van der Waals surface area contributed by atoms with Gasteiger partial charge in [0, 0.05) is 23.0 Å². The molecule has 0 unspecified atom stereocenters. The van der Waals surface area contributed by atoms with Gasteiger partial charge in [-0.05, 0) is 12.1 Å². The van der Waals surface area contributed by atoms with E-state index < -0.39 is 0 Å². The quantitative estimate of drug-likeness (QED) is 0.854. The highest BCUT2D eigenvalue weighted by Gasteiger charge is 2.17. The zero-order valence-electron chi connectivity index (χ0n) is 11.2. The molecular weight excluding hydrogens is 258 g/mol. The molecule has 1 aromatic heterocycles. The molecule has 0 aliphatic rings. The summed E-state index contributed by atoms with van der Waals surface area (Å²) in [4.78, 5) is 4.67. The molecule has 0 aliphatic heterocycles. The predicted molar refractivity (Wildman–Crippen MR) is 81.4 cm³/mol. The highest BCUT2D eigenvalue weighted by Crippen LogP contribution is 2.30. The van der Waals surface area contributed by atoms with Gasteiger partial charge in [-0.25, -0.2) is 4.98 Å². The van der Waals surface area contributed by atoms with Crippen LogP contribution in [0.1, 0.15) is 25.6 Å². The van der Waals surface area contributed by atoms with Crippen LogP contribution in [0.3, 0.4) is 0 Å². The van der Waals surface area contributed by atoms with Crippen molar-refractivity contribution in [1.29, 1.82) is 0 Å². The van der Waals surface area contributed by atoms with Crippen LogP contribution in [0, 0.1) is 0 Å². The Hall–Kier alpha value is -1.74. The van der Waals surface area contributed by atoms with E-state index in [1.807, 2.05) is 34.9 Å². The third-order valence-corrected chi connectivity index (χ3v) is 3.20. The maximum absolute atomic E-state index is 6.22. The molecule has 19 heavy (non-hydrogen) atoms. The molecule has 0 amide bonds. The fourth-order valence-corrected chi connectivity index (χ4v) is 2.28.